The van der Waals surface area contributed by atoms with Crippen molar-refractivity contribution in [2.75, 3.05) is 13.7 Å². The van der Waals surface area contributed by atoms with Crippen molar-refractivity contribution in [1.29, 1.82) is 0 Å². The van der Waals surface area contributed by atoms with Crippen molar-refractivity contribution in [3.63, 3.8) is 0 Å². The number of carbonyl (C=O) groups is 3. The van der Waals surface area contributed by atoms with Crippen LogP contribution < -0.4 is 15.6 Å². The number of methoxy groups -OCH3 is 1. The largest absolute Gasteiger partial charge is 0.478 e. The monoisotopic (exact) mass is 568 g/mol. The number of ether oxygens (including phenoxy) is 2. The highest BCUT2D eigenvalue weighted by atomic mass is 16.5. The molecule has 0 aliphatic carbocycles. The van der Waals surface area contributed by atoms with E-state index in [1.165, 1.54) is 17.9 Å². The zero-order valence-electron chi connectivity index (χ0n) is 23.3. The van der Waals surface area contributed by atoms with E-state index in [0.717, 1.165) is 5.56 Å². The number of amides is 1. The Morgan fingerprint density at radius 2 is 1.64 bits per heavy atom. The van der Waals surface area contributed by atoms with Crippen molar-refractivity contribution >= 4 is 17.5 Å². The van der Waals surface area contributed by atoms with Crippen LogP contribution in [0.4, 0.5) is 0 Å². The fraction of sp³-hybridized carbons (Fsp3) is 0.250. The molecule has 10 nitrogen and oxygen atoms in total. The molecule has 1 amide bonds. The number of ketones is 2. The summed E-state index contributed by atoms with van der Waals surface area (Å²) in [6.07, 6.45) is 3.40. The molecule has 0 aliphatic rings. The van der Waals surface area contributed by atoms with Gasteiger partial charge in [-0.05, 0) is 18.1 Å². The lowest BCUT2D eigenvalue weighted by molar-refractivity contribution is -0.139. The highest BCUT2D eigenvalue weighted by molar-refractivity contribution is 6.39. The number of hydrogen-bond donors (Lipinski definition) is 1. The Morgan fingerprint density at radius 1 is 0.929 bits per heavy atom. The van der Waals surface area contributed by atoms with E-state index in [2.05, 4.69) is 15.3 Å². The smallest absolute Gasteiger partial charge is 0.259 e. The molecule has 10 heteroatoms. The van der Waals surface area contributed by atoms with Gasteiger partial charge in [-0.3, -0.25) is 23.7 Å². The lowest BCUT2D eigenvalue weighted by Gasteiger charge is -2.19. The number of nitrogens with one attached hydrogen (secondary N) is 1. The van der Waals surface area contributed by atoms with Crippen molar-refractivity contribution in [2.45, 2.75) is 38.5 Å². The molecule has 0 saturated heterocycles. The van der Waals surface area contributed by atoms with Gasteiger partial charge in [-0.1, -0.05) is 66.7 Å². The van der Waals surface area contributed by atoms with Gasteiger partial charge < -0.3 is 14.8 Å². The second kappa shape index (κ2) is 15.2. The molecular formula is C32H32N4O6. The van der Waals surface area contributed by atoms with Gasteiger partial charge in [-0.2, -0.15) is 0 Å². The van der Waals surface area contributed by atoms with E-state index in [4.69, 9.17) is 9.47 Å². The first-order valence-corrected chi connectivity index (χ1v) is 13.5. The summed E-state index contributed by atoms with van der Waals surface area (Å²) in [6, 6.07) is 22.2. The summed E-state index contributed by atoms with van der Waals surface area (Å²) in [5.41, 5.74) is 1.26. The van der Waals surface area contributed by atoms with Gasteiger partial charge in [0.05, 0.1) is 24.8 Å². The maximum Gasteiger partial charge on any atom is 0.259 e. The van der Waals surface area contributed by atoms with Crippen molar-refractivity contribution in [3.05, 3.63) is 113 Å². The summed E-state index contributed by atoms with van der Waals surface area (Å²) < 4.78 is 11.9. The summed E-state index contributed by atoms with van der Waals surface area (Å²) in [7, 11) is 1.46. The molecule has 0 saturated carbocycles. The summed E-state index contributed by atoms with van der Waals surface area (Å²) in [4.78, 5) is 61.3. The average molecular weight is 569 g/mol. The van der Waals surface area contributed by atoms with Crippen LogP contribution in [-0.4, -0.2) is 51.8 Å². The molecule has 42 heavy (non-hydrogen) atoms. The van der Waals surface area contributed by atoms with Gasteiger partial charge in [0.2, 0.25) is 23.4 Å². The van der Waals surface area contributed by atoms with Crippen LogP contribution in [0.2, 0.25) is 0 Å². The number of hydrogen-bond acceptors (Lipinski definition) is 8. The van der Waals surface area contributed by atoms with Crippen LogP contribution in [0.3, 0.4) is 0 Å². The summed E-state index contributed by atoms with van der Waals surface area (Å²) in [5, 5.41) is 2.70. The van der Waals surface area contributed by atoms with Crippen LogP contribution >= 0.6 is 0 Å². The minimum absolute atomic E-state index is 0.0240. The summed E-state index contributed by atoms with van der Waals surface area (Å²) in [6.45, 7) is -0.170. The maximum absolute atomic E-state index is 13.3. The number of benzene rings is 2. The SMILES string of the molecule is COCc1cnc(-c2ccccc2)n(CC(=O)NC(Cc2ccccc2)C(=O)C(=O)CCCOc2ccccn2)c1=O. The zero-order valence-corrected chi connectivity index (χ0v) is 23.3. The predicted octanol–water partition coefficient (Wildman–Crippen LogP) is 3.18. The average Bonchev–Trinajstić information content (AvgIpc) is 3.02. The first kappa shape index (κ1) is 30.0. The number of nitrogens with zero attached hydrogens (tertiary/aromatic N) is 3. The van der Waals surface area contributed by atoms with Crippen molar-refractivity contribution in [2.24, 2.45) is 0 Å². The van der Waals surface area contributed by atoms with Crippen molar-refractivity contribution in [1.82, 2.24) is 19.9 Å². The van der Waals surface area contributed by atoms with Crippen LogP contribution in [0.5, 0.6) is 5.88 Å². The minimum Gasteiger partial charge on any atom is -0.478 e. The summed E-state index contributed by atoms with van der Waals surface area (Å²) in [5.74, 6) is -1.21. The normalized spacial score (nSPS) is 11.5. The molecule has 0 fully saturated rings. The first-order valence-electron chi connectivity index (χ1n) is 13.5. The third-order valence-electron chi connectivity index (χ3n) is 6.40. The predicted molar refractivity (Wildman–Crippen MR) is 156 cm³/mol. The number of carbonyl (C=O) groups excluding carboxylic acids is 3. The lowest BCUT2D eigenvalue weighted by atomic mass is 9.98. The molecule has 1 unspecified atom stereocenters. The Labute approximate surface area is 243 Å². The highest BCUT2D eigenvalue weighted by Crippen LogP contribution is 2.16. The quantitative estimate of drug-likeness (QED) is 0.171. The fourth-order valence-electron chi connectivity index (χ4n) is 4.35. The molecule has 2 heterocycles. The van der Waals surface area contributed by atoms with E-state index in [9.17, 15) is 19.2 Å². The van der Waals surface area contributed by atoms with E-state index in [-0.39, 0.29) is 31.6 Å². The number of pyridine rings is 1. The number of rotatable bonds is 15. The molecule has 1 N–H and O–H groups in total. The van der Waals surface area contributed by atoms with Gasteiger partial charge in [-0.25, -0.2) is 9.97 Å². The molecule has 4 aromatic rings. The van der Waals surface area contributed by atoms with Crippen molar-refractivity contribution in [3.8, 4) is 17.3 Å². The topological polar surface area (TPSA) is 129 Å². The Balaban J connectivity index is 1.50. The van der Waals surface area contributed by atoms with Crippen LogP contribution in [0.15, 0.2) is 96.1 Å². The van der Waals surface area contributed by atoms with Crippen LogP contribution in [-0.2, 0) is 38.7 Å². The molecule has 0 aliphatic heterocycles. The van der Waals surface area contributed by atoms with Gasteiger partial charge >= 0.3 is 0 Å². The Morgan fingerprint density at radius 3 is 2.33 bits per heavy atom. The van der Waals surface area contributed by atoms with Gasteiger partial charge in [0.25, 0.3) is 5.56 Å². The van der Waals surface area contributed by atoms with Gasteiger partial charge in [-0.15, -0.1) is 0 Å². The molecule has 1 atom stereocenters. The lowest BCUT2D eigenvalue weighted by Crippen LogP contribution is -2.47. The molecule has 4 rings (SSSR count). The minimum atomic E-state index is -1.12. The number of Topliss-reactive ketones (excluding diaryl/α,β-unsaturated/α-hetero) is 2. The molecular weight excluding hydrogens is 536 g/mol. The van der Waals surface area contributed by atoms with Crippen LogP contribution in [0, 0.1) is 0 Å². The molecule has 0 bridgehead atoms. The van der Waals surface area contributed by atoms with E-state index in [1.807, 2.05) is 36.4 Å². The Kier molecular flexibility index (Phi) is 10.8. The van der Waals surface area contributed by atoms with Gasteiger partial charge in [0.15, 0.2) is 0 Å². The zero-order chi connectivity index (χ0) is 29.7. The van der Waals surface area contributed by atoms with Gasteiger partial charge in [0, 0.05) is 44.0 Å². The fourth-order valence-corrected chi connectivity index (χ4v) is 4.35. The second-order valence-corrected chi connectivity index (χ2v) is 9.51. The van der Waals surface area contributed by atoms with E-state index < -0.39 is 35.6 Å². The molecule has 0 radical (unpaired) electrons. The van der Waals surface area contributed by atoms with Crippen LogP contribution in [0.25, 0.3) is 11.4 Å². The molecule has 2 aromatic heterocycles. The maximum atomic E-state index is 13.3. The Hall–Kier alpha value is -4.96. The third-order valence-corrected chi connectivity index (χ3v) is 6.40. The standard InChI is InChI=1S/C32H32N4O6/c1-41-22-25-20-34-31(24-13-6-3-7-14-24)36(32(25)40)21-28(38)35-26(19-23-11-4-2-5-12-23)30(39)27(37)15-10-18-42-29-16-8-9-17-33-29/h2-9,11-14,16-17,20,26H,10,15,18-19,21-22H2,1H3,(H,35,38). The molecule has 2 aromatic carbocycles. The summed E-state index contributed by atoms with van der Waals surface area (Å²) >= 11 is 0. The van der Waals surface area contributed by atoms with E-state index in [0.29, 0.717) is 23.7 Å². The Bertz CT molecular complexity index is 1540. The van der Waals surface area contributed by atoms with Gasteiger partial charge in [0.1, 0.15) is 12.4 Å². The van der Waals surface area contributed by atoms with E-state index in [1.54, 1.807) is 48.7 Å². The molecule has 216 valence electrons. The first-order chi connectivity index (χ1) is 20.5. The highest BCUT2D eigenvalue weighted by Gasteiger charge is 2.27. The van der Waals surface area contributed by atoms with Crippen LogP contribution in [0.1, 0.15) is 24.0 Å². The number of aromatic nitrogens is 3. The van der Waals surface area contributed by atoms with E-state index >= 15 is 0 Å². The molecule has 0 spiro atoms. The van der Waals surface area contributed by atoms with Crippen molar-refractivity contribution < 1.29 is 23.9 Å². The second-order valence-electron chi connectivity index (χ2n) is 9.51. The third kappa shape index (κ3) is 8.28.